The summed E-state index contributed by atoms with van der Waals surface area (Å²) in [5.74, 6) is -0.385. The average molecular weight is 271 g/mol. The molecule has 0 unspecified atom stereocenters. The van der Waals surface area contributed by atoms with Gasteiger partial charge in [0.05, 0.1) is 0 Å². The van der Waals surface area contributed by atoms with Gasteiger partial charge in [-0.3, -0.25) is 4.79 Å². The molecule has 3 N–H and O–H groups in total. The van der Waals surface area contributed by atoms with Crippen LogP contribution in [0.1, 0.15) is 35.0 Å². The Kier molecular flexibility index (Phi) is 4.96. The van der Waals surface area contributed by atoms with Gasteiger partial charge in [-0.1, -0.05) is 19.1 Å². The van der Waals surface area contributed by atoms with Crippen LogP contribution >= 0.6 is 0 Å². The van der Waals surface area contributed by atoms with Crippen LogP contribution in [-0.4, -0.2) is 10.5 Å². The number of aromatic nitrogens is 1. The van der Waals surface area contributed by atoms with E-state index < -0.39 is 0 Å². The molecule has 1 aromatic carbocycles. The van der Waals surface area contributed by atoms with E-state index in [1.165, 1.54) is 5.69 Å². The number of carbonyl (C=O) groups excluding carboxylic acids is 1. The molecule has 1 heterocycles. The number of amides is 1. The largest absolute Gasteiger partial charge is 0.366 e. The van der Waals surface area contributed by atoms with Crippen LogP contribution < -0.4 is 11.1 Å². The highest BCUT2D eigenvalue weighted by Crippen LogP contribution is 2.06. The van der Waals surface area contributed by atoms with Crippen LogP contribution in [0.15, 0.2) is 42.6 Å². The van der Waals surface area contributed by atoms with Gasteiger partial charge < -0.3 is 15.6 Å². The van der Waals surface area contributed by atoms with Crippen molar-refractivity contribution in [3.05, 3.63) is 59.4 Å². The van der Waals surface area contributed by atoms with Gasteiger partial charge in [0.15, 0.2) is 0 Å². The first-order valence-corrected chi connectivity index (χ1v) is 6.94. The quantitative estimate of drug-likeness (QED) is 0.811. The van der Waals surface area contributed by atoms with E-state index in [0.29, 0.717) is 5.56 Å². The Morgan fingerprint density at radius 2 is 2.10 bits per heavy atom. The third-order valence-electron chi connectivity index (χ3n) is 3.23. The predicted octanol–water partition coefficient (Wildman–Crippen LogP) is 2.29. The minimum Gasteiger partial charge on any atom is -0.366 e. The van der Waals surface area contributed by atoms with Crippen molar-refractivity contribution in [1.82, 2.24) is 9.88 Å². The minimum atomic E-state index is -0.385. The van der Waals surface area contributed by atoms with Gasteiger partial charge >= 0.3 is 0 Å². The number of nitrogens with zero attached hydrogens (tertiary/aromatic N) is 1. The zero-order chi connectivity index (χ0) is 14.4. The van der Waals surface area contributed by atoms with Crippen molar-refractivity contribution in [1.29, 1.82) is 0 Å². The van der Waals surface area contributed by atoms with Crippen LogP contribution in [0.3, 0.4) is 0 Å². The van der Waals surface area contributed by atoms with Crippen LogP contribution in [0, 0.1) is 0 Å². The summed E-state index contributed by atoms with van der Waals surface area (Å²) in [6.45, 7) is 4.75. The monoisotopic (exact) mass is 271 g/mol. The first kappa shape index (κ1) is 14.3. The summed E-state index contributed by atoms with van der Waals surface area (Å²) in [6.07, 6.45) is 3.23. The molecule has 106 valence electrons. The second-order valence-electron chi connectivity index (χ2n) is 4.86. The minimum absolute atomic E-state index is 0.385. The number of nitrogens with one attached hydrogen (secondary N) is 1. The Hall–Kier alpha value is -2.07. The smallest absolute Gasteiger partial charge is 0.248 e. The summed E-state index contributed by atoms with van der Waals surface area (Å²) in [5.41, 5.74) is 8.17. The number of primary amides is 1. The molecule has 0 aliphatic heterocycles. The maximum atomic E-state index is 11.1. The summed E-state index contributed by atoms with van der Waals surface area (Å²) < 4.78 is 2.26. The molecule has 0 radical (unpaired) electrons. The topological polar surface area (TPSA) is 60.1 Å². The average Bonchev–Trinajstić information content (AvgIpc) is 2.87. The molecule has 20 heavy (non-hydrogen) atoms. The zero-order valence-electron chi connectivity index (χ0n) is 11.8. The predicted molar refractivity (Wildman–Crippen MR) is 80.2 cm³/mol. The van der Waals surface area contributed by atoms with Crippen LogP contribution in [0.5, 0.6) is 0 Å². The van der Waals surface area contributed by atoms with Crippen molar-refractivity contribution in [2.24, 2.45) is 5.73 Å². The highest BCUT2D eigenvalue weighted by atomic mass is 16.1. The van der Waals surface area contributed by atoms with Crippen molar-refractivity contribution in [2.75, 3.05) is 0 Å². The number of rotatable bonds is 7. The zero-order valence-corrected chi connectivity index (χ0v) is 11.8. The summed E-state index contributed by atoms with van der Waals surface area (Å²) in [5, 5.41) is 3.40. The van der Waals surface area contributed by atoms with E-state index in [-0.39, 0.29) is 5.91 Å². The third kappa shape index (κ3) is 3.71. The van der Waals surface area contributed by atoms with Crippen molar-refractivity contribution in [3.8, 4) is 0 Å². The fourth-order valence-corrected chi connectivity index (χ4v) is 2.24. The molecule has 1 amide bonds. The summed E-state index contributed by atoms with van der Waals surface area (Å²) >= 11 is 0. The van der Waals surface area contributed by atoms with E-state index in [9.17, 15) is 4.79 Å². The Bertz CT molecular complexity index is 575. The van der Waals surface area contributed by atoms with E-state index in [1.54, 1.807) is 6.07 Å². The number of benzene rings is 1. The van der Waals surface area contributed by atoms with Gasteiger partial charge in [-0.05, 0) is 36.2 Å². The second kappa shape index (κ2) is 6.91. The standard InChI is InChI=1S/C16H21N3O/c1-2-8-19-9-4-7-15(19)12-18-11-13-5-3-6-14(10-13)16(17)20/h3-7,9-10,18H,2,8,11-12H2,1H3,(H2,17,20). The fraction of sp³-hybridized carbons (Fsp3) is 0.312. The maximum absolute atomic E-state index is 11.1. The first-order valence-electron chi connectivity index (χ1n) is 6.94. The van der Waals surface area contributed by atoms with E-state index in [1.807, 2.05) is 18.2 Å². The molecule has 0 aliphatic carbocycles. The highest BCUT2D eigenvalue weighted by Gasteiger charge is 2.02. The molecule has 1 aromatic heterocycles. The van der Waals surface area contributed by atoms with Gasteiger partial charge in [-0.2, -0.15) is 0 Å². The Balaban J connectivity index is 1.91. The molecule has 2 rings (SSSR count). The summed E-state index contributed by atoms with van der Waals surface area (Å²) in [7, 11) is 0. The SMILES string of the molecule is CCCn1cccc1CNCc1cccc(C(N)=O)c1. The lowest BCUT2D eigenvalue weighted by Crippen LogP contribution is -2.16. The number of hydrogen-bond acceptors (Lipinski definition) is 2. The van der Waals surface area contributed by atoms with Gasteiger partial charge in [0.1, 0.15) is 0 Å². The molecular formula is C16H21N3O. The normalized spacial score (nSPS) is 10.7. The number of hydrogen-bond donors (Lipinski definition) is 2. The molecule has 2 aromatic rings. The van der Waals surface area contributed by atoms with Gasteiger partial charge in [-0.25, -0.2) is 0 Å². The molecule has 0 aliphatic rings. The maximum Gasteiger partial charge on any atom is 0.248 e. The number of nitrogens with two attached hydrogens (primary N) is 1. The van der Waals surface area contributed by atoms with E-state index in [2.05, 4.69) is 35.1 Å². The highest BCUT2D eigenvalue weighted by molar-refractivity contribution is 5.92. The molecule has 0 bridgehead atoms. The molecule has 0 spiro atoms. The van der Waals surface area contributed by atoms with Gasteiger partial charge in [-0.15, -0.1) is 0 Å². The third-order valence-corrected chi connectivity index (χ3v) is 3.23. The second-order valence-corrected chi connectivity index (χ2v) is 4.86. The lowest BCUT2D eigenvalue weighted by Gasteiger charge is -2.09. The Labute approximate surface area is 119 Å². The summed E-state index contributed by atoms with van der Waals surface area (Å²) in [4.78, 5) is 11.1. The van der Waals surface area contributed by atoms with Crippen molar-refractivity contribution in [2.45, 2.75) is 33.0 Å². The lowest BCUT2D eigenvalue weighted by atomic mass is 10.1. The first-order chi connectivity index (χ1) is 9.70. The molecule has 4 nitrogen and oxygen atoms in total. The van der Waals surface area contributed by atoms with E-state index in [4.69, 9.17) is 5.73 Å². The van der Waals surface area contributed by atoms with E-state index in [0.717, 1.165) is 31.6 Å². The van der Waals surface area contributed by atoms with Crippen LogP contribution in [0.4, 0.5) is 0 Å². The molecule has 0 saturated heterocycles. The molecule has 4 heteroatoms. The fourth-order valence-electron chi connectivity index (χ4n) is 2.24. The molecule has 0 atom stereocenters. The molecule has 0 fully saturated rings. The van der Waals surface area contributed by atoms with Gasteiger partial charge in [0.25, 0.3) is 0 Å². The Morgan fingerprint density at radius 3 is 2.85 bits per heavy atom. The number of aryl methyl sites for hydroxylation is 1. The summed E-state index contributed by atoms with van der Waals surface area (Å²) in [6, 6.07) is 11.6. The van der Waals surface area contributed by atoms with E-state index >= 15 is 0 Å². The van der Waals surface area contributed by atoms with Gasteiger partial charge in [0, 0.05) is 37.1 Å². The van der Waals surface area contributed by atoms with Crippen LogP contribution in [0.25, 0.3) is 0 Å². The van der Waals surface area contributed by atoms with Crippen molar-refractivity contribution < 1.29 is 4.79 Å². The van der Waals surface area contributed by atoms with Crippen LogP contribution in [0.2, 0.25) is 0 Å². The number of carbonyl (C=O) groups is 1. The lowest BCUT2D eigenvalue weighted by molar-refractivity contribution is 0.1000. The van der Waals surface area contributed by atoms with Crippen molar-refractivity contribution >= 4 is 5.91 Å². The van der Waals surface area contributed by atoms with Crippen molar-refractivity contribution in [3.63, 3.8) is 0 Å². The Morgan fingerprint density at radius 1 is 1.25 bits per heavy atom. The molecule has 0 saturated carbocycles. The van der Waals surface area contributed by atoms with Gasteiger partial charge in [0.2, 0.25) is 5.91 Å². The van der Waals surface area contributed by atoms with Crippen LogP contribution in [-0.2, 0) is 19.6 Å². The molecular weight excluding hydrogens is 250 g/mol.